The van der Waals surface area contributed by atoms with E-state index in [1.807, 2.05) is 38.1 Å². The van der Waals surface area contributed by atoms with E-state index >= 15 is 0 Å². The molecule has 1 aromatic carbocycles. The summed E-state index contributed by atoms with van der Waals surface area (Å²) in [5.74, 6) is 0.629. The second-order valence-electron chi connectivity index (χ2n) is 6.83. The molecule has 0 aliphatic heterocycles. The van der Waals surface area contributed by atoms with Gasteiger partial charge in [0.25, 0.3) is 5.91 Å². The van der Waals surface area contributed by atoms with Gasteiger partial charge in [-0.1, -0.05) is 38.8 Å². The zero-order chi connectivity index (χ0) is 20.1. The van der Waals surface area contributed by atoms with Gasteiger partial charge in [-0.3, -0.25) is 4.79 Å². The summed E-state index contributed by atoms with van der Waals surface area (Å²) in [7, 11) is 0. The van der Waals surface area contributed by atoms with Crippen molar-refractivity contribution < 1.29 is 9.90 Å². The van der Waals surface area contributed by atoms with Crippen molar-refractivity contribution in [3.8, 4) is 0 Å². The second-order valence-corrected chi connectivity index (χ2v) is 6.83. The van der Waals surface area contributed by atoms with Gasteiger partial charge in [0.2, 0.25) is 0 Å². The molecule has 0 fully saturated rings. The number of guanidine groups is 1. The first-order valence-electron chi connectivity index (χ1n) is 10.1. The molecule has 0 saturated carbocycles. The van der Waals surface area contributed by atoms with E-state index < -0.39 is 5.60 Å². The molecule has 0 heterocycles. The van der Waals surface area contributed by atoms with E-state index in [1.54, 1.807) is 0 Å². The molecule has 0 bridgehead atoms. The van der Waals surface area contributed by atoms with Crippen molar-refractivity contribution in [2.24, 2.45) is 4.99 Å². The van der Waals surface area contributed by atoms with Crippen LogP contribution >= 0.6 is 24.0 Å². The van der Waals surface area contributed by atoms with Crippen LogP contribution in [0.1, 0.15) is 69.3 Å². The molecule has 1 rings (SSSR count). The number of amides is 1. The number of aliphatic hydroxyl groups is 1. The lowest BCUT2D eigenvalue weighted by Crippen LogP contribution is -2.47. The van der Waals surface area contributed by atoms with Crippen LogP contribution in [-0.2, 0) is 6.54 Å². The fourth-order valence-electron chi connectivity index (χ4n) is 3.02. The first kappa shape index (κ1) is 26.6. The van der Waals surface area contributed by atoms with E-state index in [0.29, 0.717) is 31.2 Å². The highest BCUT2D eigenvalue weighted by atomic mass is 127. The summed E-state index contributed by atoms with van der Waals surface area (Å²) in [5.41, 5.74) is 0.977. The minimum atomic E-state index is -0.700. The van der Waals surface area contributed by atoms with Crippen molar-refractivity contribution in [1.29, 1.82) is 0 Å². The fraction of sp³-hybridized carbons (Fsp3) is 0.619. The van der Waals surface area contributed by atoms with E-state index in [0.717, 1.165) is 37.8 Å². The molecule has 1 amide bonds. The summed E-state index contributed by atoms with van der Waals surface area (Å²) >= 11 is 0. The summed E-state index contributed by atoms with van der Waals surface area (Å²) in [4.78, 5) is 16.4. The third-order valence-corrected chi connectivity index (χ3v) is 4.33. The highest BCUT2D eigenvalue weighted by Crippen LogP contribution is 2.18. The second kappa shape index (κ2) is 14.6. The molecule has 0 aliphatic rings. The topological polar surface area (TPSA) is 85.8 Å². The van der Waals surface area contributed by atoms with Gasteiger partial charge in [0.1, 0.15) is 0 Å². The minimum Gasteiger partial charge on any atom is -0.388 e. The van der Waals surface area contributed by atoms with Gasteiger partial charge in [0.05, 0.1) is 12.1 Å². The van der Waals surface area contributed by atoms with Crippen molar-refractivity contribution >= 4 is 35.8 Å². The zero-order valence-electron chi connectivity index (χ0n) is 17.7. The predicted molar refractivity (Wildman–Crippen MR) is 127 cm³/mol. The van der Waals surface area contributed by atoms with Crippen LogP contribution in [0, 0.1) is 0 Å². The number of hydrogen-bond acceptors (Lipinski definition) is 3. The van der Waals surface area contributed by atoms with Gasteiger partial charge in [-0.15, -0.1) is 24.0 Å². The maximum absolute atomic E-state index is 11.8. The van der Waals surface area contributed by atoms with Gasteiger partial charge >= 0.3 is 0 Å². The van der Waals surface area contributed by atoms with E-state index in [1.165, 1.54) is 0 Å². The van der Waals surface area contributed by atoms with Gasteiger partial charge < -0.3 is 21.1 Å². The average Bonchev–Trinajstić information content (AvgIpc) is 2.65. The number of nitrogens with one attached hydrogen (secondary N) is 3. The standard InChI is InChI=1S/C21H36N4O2.HI/c1-5-13-21(27,14-6-2)16-25-20(23-8-4)24-15-17-9-11-18(12-10-17)19(26)22-7-3;/h9-12,27H,5-8,13-16H2,1-4H3,(H,22,26)(H2,23,24,25);1H. The number of hydrogen-bond donors (Lipinski definition) is 4. The number of aliphatic imine (C=N–C) groups is 1. The molecule has 4 N–H and O–H groups in total. The lowest BCUT2D eigenvalue weighted by molar-refractivity contribution is 0.0257. The van der Waals surface area contributed by atoms with E-state index in [9.17, 15) is 9.90 Å². The Morgan fingerprint density at radius 3 is 2.04 bits per heavy atom. The van der Waals surface area contributed by atoms with Gasteiger partial charge in [-0.25, -0.2) is 4.99 Å². The summed E-state index contributed by atoms with van der Waals surface area (Å²) < 4.78 is 0. The van der Waals surface area contributed by atoms with Crippen molar-refractivity contribution in [3.05, 3.63) is 35.4 Å². The lowest BCUT2D eigenvalue weighted by Gasteiger charge is -2.28. The van der Waals surface area contributed by atoms with Crippen molar-refractivity contribution in [2.75, 3.05) is 19.6 Å². The Hall–Kier alpha value is -1.35. The van der Waals surface area contributed by atoms with E-state index in [4.69, 9.17) is 0 Å². The monoisotopic (exact) mass is 504 g/mol. The van der Waals surface area contributed by atoms with Crippen LogP contribution in [0.15, 0.2) is 29.3 Å². The van der Waals surface area contributed by atoms with Crippen LogP contribution in [0.2, 0.25) is 0 Å². The van der Waals surface area contributed by atoms with Crippen LogP contribution in [0.25, 0.3) is 0 Å². The van der Waals surface area contributed by atoms with Crippen LogP contribution in [0.3, 0.4) is 0 Å². The normalized spacial score (nSPS) is 11.5. The number of halogens is 1. The fourth-order valence-corrected chi connectivity index (χ4v) is 3.02. The third-order valence-electron chi connectivity index (χ3n) is 4.33. The Kier molecular flexibility index (Phi) is 13.9. The summed E-state index contributed by atoms with van der Waals surface area (Å²) in [6, 6.07) is 7.47. The molecule has 0 saturated heterocycles. The molecule has 0 unspecified atom stereocenters. The summed E-state index contributed by atoms with van der Waals surface area (Å²) in [6.45, 7) is 10.4. The molecule has 0 aliphatic carbocycles. The van der Waals surface area contributed by atoms with Crippen LogP contribution < -0.4 is 16.0 Å². The average molecular weight is 504 g/mol. The maximum atomic E-state index is 11.8. The van der Waals surface area contributed by atoms with Crippen molar-refractivity contribution in [2.45, 2.75) is 65.5 Å². The molecule has 6 nitrogen and oxygen atoms in total. The predicted octanol–water partition coefficient (Wildman–Crippen LogP) is 3.44. The molecular formula is C21H37IN4O2. The molecule has 0 spiro atoms. The van der Waals surface area contributed by atoms with E-state index in [-0.39, 0.29) is 29.9 Å². The highest BCUT2D eigenvalue weighted by Gasteiger charge is 2.24. The largest absolute Gasteiger partial charge is 0.388 e. The zero-order valence-corrected chi connectivity index (χ0v) is 20.0. The molecule has 7 heteroatoms. The number of carbonyl (C=O) groups excluding carboxylic acids is 1. The van der Waals surface area contributed by atoms with Crippen LogP contribution in [0.5, 0.6) is 0 Å². The SMILES string of the molecule is CCCC(O)(CCC)CNC(=NCc1ccc(C(=O)NCC)cc1)NCC.I. The quantitative estimate of drug-likeness (QED) is 0.211. The third kappa shape index (κ3) is 9.73. The lowest BCUT2D eigenvalue weighted by atomic mass is 9.93. The van der Waals surface area contributed by atoms with Gasteiger partial charge in [0.15, 0.2) is 5.96 Å². The molecule has 28 heavy (non-hydrogen) atoms. The molecule has 0 aromatic heterocycles. The van der Waals surface area contributed by atoms with Gasteiger partial charge in [-0.05, 0) is 44.4 Å². The Morgan fingerprint density at radius 1 is 0.964 bits per heavy atom. The smallest absolute Gasteiger partial charge is 0.251 e. The number of rotatable bonds is 11. The maximum Gasteiger partial charge on any atom is 0.251 e. The molecular weight excluding hydrogens is 467 g/mol. The molecule has 0 atom stereocenters. The van der Waals surface area contributed by atoms with Crippen molar-refractivity contribution in [1.82, 2.24) is 16.0 Å². The van der Waals surface area contributed by atoms with Crippen molar-refractivity contribution in [3.63, 3.8) is 0 Å². The van der Waals surface area contributed by atoms with Crippen LogP contribution in [-0.4, -0.2) is 42.2 Å². The van der Waals surface area contributed by atoms with Gasteiger partial charge in [0, 0.05) is 25.2 Å². The first-order chi connectivity index (χ1) is 13.0. The molecule has 1 aromatic rings. The van der Waals surface area contributed by atoms with Gasteiger partial charge in [-0.2, -0.15) is 0 Å². The summed E-state index contributed by atoms with van der Waals surface area (Å²) in [5, 5.41) is 20.0. The minimum absolute atomic E-state index is 0. The summed E-state index contributed by atoms with van der Waals surface area (Å²) in [6.07, 6.45) is 3.44. The number of nitrogens with zero attached hydrogens (tertiary/aromatic N) is 1. The highest BCUT2D eigenvalue weighted by molar-refractivity contribution is 14.0. The first-order valence-corrected chi connectivity index (χ1v) is 10.1. The Bertz CT molecular complexity index is 585. The Labute approximate surface area is 187 Å². The Balaban J connectivity index is 0.00000729. The number of carbonyl (C=O) groups is 1. The number of benzene rings is 1. The Morgan fingerprint density at radius 2 is 1.54 bits per heavy atom. The molecule has 0 radical (unpaired) electrons. The molecule has 160 valence electrons. The van der Waals surface area contributed by atoms with Crippen LogP contribution in [0.4, 0.5) is 0 Å². The van der Waals surface area contributed by atoms with E-state index in [2.05, 4.69) is 34.8 Å².